The Labute approximate surface area is 180 Å². The zero-order chi connectivity index (χ0) is 21.1. The number of nitrogens with zero attached hydrogens (tertiary/aromatic N) is 1. The first-order valence-corrected chi connectivity index (χ1v) is 10.1. The van der Waals surface area contributed by atoms with Crippen LogP contribution in [0.15, 0.2) is 71.7 Å². The number of methoxy groups -OCH3 is 2. The standard InChI is InChI=1S/C24H23ClN2O3/c1-29-21-8-4-3-6-18(21)24-26-19(15-10-12-16(25)13-11-15)14-20(27-24)17-7-5-9-22(30-2)23(17)28/h3-13,20,24,27-28H,14H2,1-2H3/t20-,24+/m0/s1. The highest BCUT2D eigenvalue weighted by atomic mass is 35.5. The van der Waals surface area contributed by atoms with E-state index in [4.69, 9.17) is 26.1 Å². The summed E-state index contributed by atoms with van der Waals surface area (Å²) >= 11 is 6.08. The Morgan fingerprint density at radius 3 is 2.30 bits per heavy atom. The quantitative estimate of drug-likeness (QED) is 0.586. The molecule has 0 bridgehead atoms. The third kappa shape index (κ3) is 3.99. The van der Waals surface area contributed by atoms with Gasteiger partial charge in [-0.3, -0.25) is 10.3 Å². The highest BCUT2D eigenvalue weighted by Gasteiger charge is 2.29. The molecular formula is C24H23ClN2O3. The van der Waals surface area contributed by atoms with E-state index in [2.05, 4.69) is 5.32 Å². The average molecular weight is 423 g/mol. The van der Waals surface area contributed by atoms with E-state index < -0.39 is 0 Å². The number of nitrogens with one attached hydrogen (secondary N) is 1. The van der Waals surface area contributed by atoms with Crippen molar-refractivity contribution in [3.05, 3.63) is 88.4 Å². The molecule has 6 heteroatoms. The number of aliphatic imine (C=N–C) groups is 1. The molecule has 0 aromatic heterocycles. The summed E-state index contributed by atoms with van der Waals surface area (Å²) in [6.07, 6.45) is 0.268. The molecule has 2 N–H and O–H groups in total. The molecule has 30 heavy (non-hydrogen) atoms. The highest BCUT2D eigenvalue weighted by molar-refractivity contribution is 6.30. The van der Waals surface area contributed by atoms with Crippen LogP contribution in [0.4, 0.5) is 0 Å². The summed E-state index contributed by atoms with van der Waals surface area (Å²) in [5, 5.41) is 15.0. The molecule has 0 fully saturated rings. The Morgan fingerprint density at radius 2 is 1.57 bits per heavy atom. The molecule has 2 atom stereocenters. The average Bonchev–Trinajstić information content (AvgIpc) is 2.79. The van der Waals surface area contributed by atoms with Crippen LogP contribution < -0.4 is 14.8 Å². The van der Waals surface area contributed by atoms with E-state index in [1.54, 1.807) is 20.3 Å². The number of phenolic OH excluding ortho intramolecular Hbond substituents is 1. The third-order valence-corrected chi connectivity index (χ3v) is 5.53. The third-order valence-electron chi connectivity index (χ3n) is 5.28. The number of rotatable bonds is 5. The number of benzene rings is 3. The van der Waals surface area contributed by atoms with Gasteiger partial charge in [-0.2, -0.15) is 0 Å². The minimum Gasteiger partial charge on any atom is -0.504 e. The summed E-state index contributed by atoms with van der Waals surface area (Å²) in [7, 11) is 3.20. The van der Waals surface area contributed by atoms with Gasteiger partial charge in [0.15, 0.2) is 11.5 Å². The van der Waals surface area contributed by atoms with Gasteiger partial charge >= 0.3 is 0 Å². The van der Waals surface area contributed by atoms with Crippen LogP contribution in [0, 0.1) is 0 Å². The molecule has 0 radical (unpaired) electrons. The van der Waals surface area contributed by atoms with Crippen molar-refractivity contribution in [3.63, 3.8) is 0 Å². The molecule has 0 amide bonds. The van der Waals surface area contributed by atoms with Crippen molar-refractivity contribution < 1.29 is 14.6 Å². The van der Waals surface area contributed by atoms with Gasteiger partial charge in [0.2, 0.25) is 0 Å². The smallest absolute Gasteiger partial charge is 0.162 e. The summed E-state index contributed by atoms with van der Waals surface area (Å²) in [5.74, 6) is 1.33. The fourth-order valence-electron chi connectivity index (χ4n) is 3.76. The Hall–Kier alpha value is -3.02. The number of aromatic hydroxyl groups is 1. The van der Waals surface area contributed by atoms with Gasteiger partial charge in [-0.25, -0.2) is 0 Å². The van der Waals surface area contributed by atoms with Crippen molar-refractivity contribution >= 4 is 17.3 Å². The fraction of sp³-hybridized carbons (Fsp3) is 0.208. The molecule has 1 heterocycles. The van der Waals surface area contributed by atoms with Gasteiger partial charge in [-0.15, -0.1) is 0 Å². The minimum atomic E-state index is -0.337. The van der Waals surface area contributed by atoms with Crippen molar-refractivity contribution in [3.8, 4) is 17.2 Å². The van der Waals surface area contributed by atoms with E-state index in [1.165, 1.54) is 0 Å². The molecule has 0 aliphatic carbocycles. The number of hydrogen-bond acceptors (Lipinski definition) is 5. The van der Waals surface area contributed by atoms with Crippen LogP contribution in [-0.2, 0) is 0 Å². The summed E-state index contributed by atoms with van der Waals surface area (Å²) < 4.78 is 10.9. The largest absolute Gasteiger partial charge is 0.504 e. The van der Waals surface area contributed by atoms with E-state index in [0.29, 0.717) is 17.2 Å². The van der Waals surface area contributed by atoms with Crippen LogP contribution in [0.2, 0.25) is 5.02 Å². The first-order chi connectivity index (χ1) is 14.6. The van der Waals surface area contributed by atoms with Crippen molar-refractivity contribution in [2.24, 2.45) is 4.99 Å². The molecule has 0 saturated heterocycles. The highest BCUT2D eigenvalue weighted by Crippen LogP contribution is 2.39. The SMILES string of the molecule is COc1ccccc1[C@@H]1N=C(c2ccc(Cl)cc2)C[C@@H](c2cccc(OC)c2O)N1. The Kier molecular flexibility index (Phi) is 5.93. The lowest BCUT2D eigenvalue weighted by atomic mass is 9.93. The van der Waals surface area contributed by atoms with E-state index in [-0.39, 0.29) is 18.0 Å². The van der Waals surface area contributed by atoms with Crippen LogP contribution in [-0.4, -0.2) is 25.0 Å². The van der Waals surface area contributed by atoms with E-state index in [0.717, 1.165) is 28.2 Å². The van der Waals surface area contributed by atoms with Crippen molar-refractivity contribution in [2.45, 2.75) is 18.6 Å². The normalized spacial score (nSPS) is 18.6. The molecule has 4 rings (SSSR count). The van der Waals surface area contributed by atoms with Crippen molar-refractivity contribution in [2.75, 3.05) is 14.2 Å². The summed E-state index contributed by atoms with van der Waals surface area (Å²) in [6, 6.07) is 20.8. The number of halogens is 1. The monoisotopic (exact) mass is 422 g/mol. The molecule has 0 saturated carbocycles. The van der Waals surface area contributed by atoms with Crippen LogP contribution in [0.25, 0.3) is 0 Å². The predicted molar refractivity (Wildman–Crippen MR) is 119 cm³/mol. The maximum absolute atomic E-state index is 10.7. The lowest BCUT2D eigenvalue weighted by molar-refractivity contribution is 0.357. The summed E-state index contributed by atoms with van der Waals surface area (Å²) in [6.45, 7) is 0. The van der Waals surface area contributed by atoms with Crippen LogP contribution >= 0.6 is 11.6 Å². The predicted octanol–water partition coefficient (Wildman–Crippen LogP) is 5.29. The van der Waals surface area contributed by atoms with Crippen LogP contribution in [0.1, 0.15) is 35.3 Å². The van der Waals surface area contributed by atoms with Crippen LogP contribution in [0.5, 0.6) is 17.2 Å². The van der Waals surface area contributed by atoms with Gasteiger partial charge < -0.3 is 14.6 Å². The van der Waals surface area contributed by atoms with Gasteiger partial charge in [-0.05, 0) is 29.8 Å². The van der Waals surface area contributed by atoms with Crippen LogP contribution in [0.3, 0.4) is 0 Å². The van der Waals surface area contributed by atoms with Gasteiger partial charge in [0, 0.05) is 34.3 Å². The molecule has 1 aliphatic rings. The molecular weight excluding hydrogens is 400 g/mol. The molecule has 0 spiro atoms. The zero-order valence-corrected chi connectivity index (χ0v) is 17.6. The second kappa shape index (κ2) is 8.78. The Bertz CT molecular complexity index is 1070. The van der Waals surface area contributed by atoms with E-state index in [9.17, 15) is 5.11 Å². The number of ether oxygens (including phenoxy) is 2. The molecule has 5 nitrogen and oxygen atoms in total. The molecule has 154 valence electrons. The van der Waals surface area contributed by atoms with Gasteiger partial charge in [0.05, 0.1) is 14.2 Å². The second-order valence-corrected chi connectivity index (χ2v) is 7.49. The second-order valence-electron chi connectivity index (χ2n) is 7.05. The number of para-hydroxylation sites is 2. The van der Waals surface area contributed by atoms with Gasteiger partial charge in [0.1, 0.15) is 11.9 Å². The molecule has 0 unspecified atom stereocenters. The Morgan fingerprint density at radius 1 is 0.900 bits per heavy atom. The number of hydrogen-bond donors (Lipinski definition) is 2. The lowest BCUT2D eigenvalue weighted by Crippen LogP contribution is -2.33. The van der Waals surface area contributed by atoms with Crippen molar-refractivity contribution in [1.82, 2.24) is 5.32 Å². The van der Waals surface area contributed by atoms with E-state index in [1.807, 2.05) is 60.7 Å². The Balaban J connectivity index is 1.79. The molecule has 3 aromatic rings. The maximum Gasteiger partial charge on any atom is 0.162 e. The zero-order valence-electron chi connectivity index (χ0n) is 16.8. The first kappa shape index (κ1) is 20.3. The summed E-state index contributed by atoms with van der Waals surface area (Å²) in [4.78, 5) is 4.98. The topological polar surface area (TPSA) is 63.1 Å². The number of phenols is 1. The fourth-order valence-corrected chi connectivity index (χ4v) is 3.89. The first-order valence-electron chi connectivity index (χ1n) is 9.68. The van der Waals surface area contributed by atoms with Gasteiger partial charge in [-0.1, -0.05) is 54.1 Å². The van der Waals surface area contributed by atoms with Crippen molar-refractivity contribution in [1.29, 1.82) is 0 Å². The van der Waals surface area contributed by atoms with Gasteiger partial charge in [0.25, 0.3) is 0 Å². The lowest BCUT2D eigenvalue weighted by Gasteiger charge is -2.31. The summed E-state index contributed by atoms with van der Waals surface area (Å²) in [5.41, 5.74) is 3.61. The molecule has 3 aromatic carbocycles. The molecule has 1 aliphatic heterocycles. The minimum absolute atomic E-state index is 0.133. The van der Waals surface area contributed by atoms with E-state index >= 15 is 0 Å². The maximum atomic E-state index is 10.7.